The zero-order chi connectivity index (χ0) is 14.8. The number of halogens is 2. The first-order valence-electron chi connectivity index (χ1n) is 7.12. The van der Waals surface area contributed by atoms with Gasteiger partial charge in [-0.25, -0.2) is 0 Å². The highest BCUT2D eigenvalue weighted by Crippen LogP contribution is 2.42. The first-order chi connectivity index (χ1) is 9.45. The summed E-state index contributed by atoms with van der Waals surface area (Å²) in [5, 5.41) is 22.8. The standard InChI is InChI=1S/C16H23N3O.2ClH/c1-16(2,3)15(19-9-7-18-8-10-19)13-6-4-5-12(11-17)14(13)20;;/h4-6,15,18,20H,7-10H2,1-3H3;2*1H/t15-;;/m1../s1. The van der Waals surface area contributed by atoms with Crippen molar-refractivity contribution in [3.8, 4) is 11.8 Å². The fraction of sp³-hybridized carbons (Fsp3) is 0.562. The molecule has 1 aromatic rings. The lowest BCUT2D eigenvalue weighted by atomic mass is 9.80. The van der Waals surface area contributed by atoms with Crippen LogP contribution in [0, 0.1) is 16.7 Å². The lowest BCUT2D eigenvalue weighted by Crippen LogP contribution is -2.48. The summed E-state index contributed by atoms with van der Waals surface area (Å²) in [6.07, 6.45) is 0. The molecule has 1 fully saturated rings. The van der Waals surface area contributed by atoms with Crippen LogP contribution in [0.25, 0.3) is 0 Å². The van der Waals surface area contributed by atoms with Gasteiger partial charge < -0.3 is 10.4 Å². The Labute approximate surface area is 145 Å². The summed E-state index contributed by atoms with van der Waals surface area (Å²) in [5.41, 5.74) is 1.20. The van der Waals surface area contributed by atoms with E-state index >= 15 is 0 Å². The van der Waals surface area contributed by atoms with Gasteiger partial charge in [0.2, 0.25) is 0 Å². The molecule has 1 aromatic carbocycles. The van der Waals surface area contributed by atoms with E-state index in [4.69, 9.17) is 5.26 Å². The second-order valence-corrected chi connectivity index (χ2v) is 6.41. The fourth-order valence-electron chi connectivity index (χ4n) is 3.02. The molecule has 2 N–H and O–H groups in total. The van der Waals surface area contributed by atoms with E-state index in [0.717, 1.165) is 31.7 Å². The first kappa shape index (κ1) is 21.0. The summed E-state index contributed by atoms with van der Waals surface area (Å²) in [4.78, 5) is 2.40. The van der Waals surface area contributed by atoms with Gasteiger partial charge in [0, 0.05) is 37.8 Å². The molecule has 0 radical (unpaired) electrons. The molecule has 1 saturated heterocycles. The summed E-state index contributed by atoms with van der Waals surface area (Å²) in [6, 6.07) is 7.63. The van der Waals surface area contributed by atoms with Gasteiger partial charge in [0.25, 0.3) is 0 Å². The number of rotatable bonds is 2. The number of piperazine rings is 1. The summed E-state index contributed by atoms with van der Waals surface area (Å²) < 4.78 is 0. The third-order valence-corrected chi connectivity index (χ3v) is 3.82. The third-order valence-electron chi connectivity index (χ3n) is 3.82. The van der Waals surface area contributed by atoms with Crippen LogP contribution >= 0.6 is 24.8 Å². The Morgan fingerprint density at radius 2 is 1.82 bits per heavy atom. The van der Waals surface area contributed by atoms with Crippen molar-refractivity contribution in [3.05, 3.63) is 29.3 Å². The second-order valence-electron chi connectivity index (χ2n) is 6.41. The van der Waals surface area contributed by atoms with E-state index in [2.05, 4.69) is 37.1 Å². The van der Waals surface area contributed by atoms with Crippen molar-refractivity contribution < 1.29 is 5.11 Å². The number of aromatic hydroxyl groups is 1. The molecule has 1 aliphatic heterocycles. The highest BCUT2D eigenvalue weighted by Gasteiger charge is 2.34. The van der Waals surface area contributed by atoms with Gasteiger partial charge in [0.1, 0.15) is 11.8 Å². The van der Waals surface area contributed by atoms with Crippen LogP contribution in [0.15, 0.2) is 18.2 Å². The fourth-order valence-corrected chi connectivity index (χ4v) is 3.02. The minimum atomic E-state index is -0.0110. The van der Waals surface area contributed by atoms with E-state index < -0.39 is 0 Å². The van der Waals surface area contributed by atoms with Gasteiger partial charge in [0.15, 0.2) is 0 Å². The van der Waals surface area contributed by atoms with Crippen LogP contribution in [0.1, 0.15) is 37.9 Å². The molecule has 1 atom stereocenters. The first-order valence-corrected chi connectivity index (χ1v) is 7.12. The predicted octanol–water partition coefficient (Wildman–Crippen LogP) is 3.10. The SMILES string of the molecule is CC(C)(C)[C@@H](c1cccc(C#N)c1O)N1CCNCC1.Cl.Cl. The van der Waals surface area contributed by atoms with Crippen molar-refractivity contribution >= 4 is 24.8 Å². The molecule has 0 unspecified atom stereocenters. The number of phenolic OH excluding ortho intramolecular Hbond substituents is 1. The van der Waals surface area contributed by atoms with Gasteiger partial charge >= 0.3 is 0 Å². The van der Waals surface area contributed by atoms with Crippen LogP contribution in [0.3, 0.4) is 0 Å². The maximum Gasteiger partial charge on any atom is 0.138 e. The molecule has 0 spiro atoms. The smallest absolute Gasteiger partial charge is 0.138 e. The van der Waals surface area contributed by atoms with E-state index in [1.807, 2.05) is 12.1 Å². The quantitative estimate of drug-likeness (QED) is 0.864. The van der Waals surface area contributed by atoms with Crippen LogP contribution < -0.4 is 5.32 Å². The number of para-hydroxylation sites is 1. The van der Waals surface area contributed by atoms with Crippen LogP contribution in [0.4, 0.5) is 0 Å². The molecule has 0 amide bonds. The van der Waals surface area contributed by atoms with Crippen molar-refractivity contribution in [2.24, 2.45) is 5.41 Å². The normalized spacial score (nSPS) is 16.8. The van der Waals surface area contributed by atoms with Crippen LogP contribution in [-0.4, -0.2) is 36.2 Å². The Hall–Kier alpha value is -0.990. The minimum absolute atomic E-state index is 0. The number of nitrogens with one attached hydrogen (secondary N) is 1. The molecule has 0 saturated carbocycles. The van der Waals surface area contributed by atoms with Gasteiger partial charge in [-0.2, -0.15) is 5.26 Å². The average Bonchev–Trinajstić information content (AvgIpc) is 2.41. The van der Waals surface area contributed by atoms with Crippen molar-refractivity contribution in [2.75, 3.05) is 26.2 Å². The molecule has 6 heteroatoms. The molecule has 1 heterocycles. The molecular formula is C16H25Cl2N3O. The number of phenols is 1. The Bertz CT molecular complexity index is 517. The molecule has 1 aliphatic rings. The Kier molecular flexibility index (Phi) is 8.21. The van der Waals surface area contributed by atoms with Gasteiger partial charge in [-0.3, -0.25) is 4.90 Å². The maximum atomic E-state index is 10.4. The lowest BCUT2D eigenvalue weighted by Gasteiger charge is -2.42. The molecular weight excluding hydrogens is 321 g/mol. The predicted molar refractivity (Wildman–Crippen MR) is 94.0 cm³/mol. The van der Waals surface area contributed by atoms with Gasteiger partial charge in [-0.15, -0.1) is 24.8 Å². The molecule has 4 nitrogen and oxygen atoms in total. The largest absolute Gasteiger partial charge is 0.506 e. The van der Waals surface area contributed by atoms with E-state index in [9.17, 15) is 5.11 Å². The summed E-state index contributed by atoms with van der Waals surface area (Å²) in [7, 11) is 0. The molecule has 0 aliphatic carbocycles. The molecule has 2 rings (SSSR count). The second kappa shape index (κ2) is 8.59. The highest BCUT2D eigenvalue weighted by atomic mass is 35.5. The van der Waals surface area contributed by atoms with E-state index in [0.29, 0.717) is 5.56 Å². The maximum absolute atomic E-state index is 10.4. The van der Waals surface area contributed by atoms with Gasteiger partial charge in [0.05, 0.1) is 5.56 Å². The highest BCUT2D eigenvalue weighted by molar-refractivity contribution is 5.85. The zero-order valence-corrected chi connectivity index (χ0v) is 14.9. The number of hydrogen-bond donors (Lipinski definition) is 2. The number of nitriles is 1. The summed E-state index contributed by atoms with van der Waals surface area (Å²) in [5.74, 6) is 0.133. The molecule has 124 valence electrons. The molecule has 22 heavy (non-hydrogen) atoms. The molecule has 0 bridgehead atoms. The third kappa shape index (κ3) is 4.50. The van der Waals surface area contributed by atoms with Gasteiger partial charge in [-0.05, 0) is 11.5 Å². The van der Waals surface area contributed by atoms with Crippen molar-refractivity contribution in [2.45, 2.75) is 26.8 Å². The summed E-state index contributed by atoms with van der Waals surface area (Å²) >= 11 is 0. The van der Waals surface area contributed by atoms with Crippen LogP contribution in [0.2, 0.25) is 0 Å². The Balaban J connectivity index is 0.00000220. The zero-order valence-electron chi connectivity index (χ0n) is 13.3. The van der Waals surface area contributed by atoms with E-state index in [1.54, 1.807) is 6.07 Å². The van der Waals surface area contributed by atoms with Crippen LogP contribution in [-0.2, 0) is 0 Å². The molecule has 0 aromatic heterocycles. The van der Waals surface area contributed by atoms with Crippen molar-refractivity contribution in [3.63, 3.8) is 0 Å². The summed E-state index contributed by atoms with van der Waals surface area (Å²) in [6.45, 7) is 10.4. The number of benzene rings is 1. The van der Waals surface area contributed by atoms with Crippen molar-refractivity contribution in [1.29, 1.82) is 5.26 Å². The minimum Gasteiger partial charge on any atom is -0.506 e. The Morgan fingerprint density at radius 3 is 2.32 bits per heavy atom. The average molecular weight is 346 g/mol. The monoisotopic (exact) mass is 345 g/mol. The Morgan fingerprint density at radius 1 is 1.23 bits per heavy atom. The van der Waals surface area contributed by atoms with Crippen molar-refractivity contribution in [1.82, 2.24) is 10.2 Å². The van der Waals surface area contributed by atoms with Gasteiger partial charge in [-0.1, -0.05) is 32.9 Å². The van der Waals surface area contributed by atoms with E-state index in [1.165, 1.54) is 0 Å². The number of hydrogen-bond acceptors (Lipinski definition) is 4. The van der Waals surface area contributed by atoms with E-state index in [-0.39, 0.29) is 42.0 Å². The lowest BCUT2D eigenvalue weighted by molar-refractivity contribution is 0.0842. The number of nitrogens with zero attached hydrogens (tertiary/aromatic N) is 2. The van der Waals surface area contributed by atoms with Crippen LogP contribution in [0.5, 0.6) is 5.75 Å². The topological polar surface area (TPSA) is 59.3 Å².